The standard InChI is InChI=1S/C15H22ClNO3S/c16-13-5-7-15(8-6-13)21(19,20)12-10-17(9-11-18)14-3-1-2-4-14/h5-8,14,18H,1-4,9-12H2. The number of benzene rings is 1. The fourth-order valence-corrected chi connectivity index (χ4v) is 4.26. The number of hydrogen-bond donors (Lipinski definition) is 1. The predicted molar refractivity (Wildman–Crippen MR) is 84.4 cm³/mol. The number of aliphatic hydroxyl groups is 1. The van der Waals surface area contributed by atoms with Crippen LogP contribution < -0.4 is 0 Å². The fourth-order valence-electron chi connectivity index (χ4n) is 2.87. The number of rotatable bonds is 7. The molecule has 0 spiro atoms. The molecule has 21 heavy (non-hydrogen) atoms. The Morgan fingerprint density at radius 1 is 1.14 bits per heavy atom. The van der Waals surface area contributed by atoms with Crippen molar-refractivity contribution in [2.75, 3.05) is 25.4 Å². The molecule has 1 saturated carbocycles. The maximum Gasteiger partial charge on any atom is 0.179 e. The first-order valence-electron chi connectivity index (χ1n) is 7.36. The average Bonchev–Trinajstić information content (AvgIpc) is 2.98. The van der Waals surface area contributed by atoms with Crippen LogP contribution in [-0.4, -0.2) is 49.9 Å². The highest BCUT2D eigenvalue weighted by Gasteiger charge is 2.24. The minimum atomic E-state index is -3.30. The molecule has 0 bridgehead atoms. The summed E-state index contributed by atoms with van der Waals surface area (Å²) < 4.78 is 24.7. The number of sulfone groups is 1. The highest BCUT2D eigenvalue weighted by molar-refractivity contribution is 7.91. The Bertz CT molecular complexity index is 539. The summed E-state index contributed by atoms with van der Waals surface area (Å²) in [5.74, 6) is 0.0745. The van der Waals surface area contributed by atoms with Crippen molar-refractivity contribution in [2.45, 2.75) is 36.6 Å². The Labute approximate surface area is 131 Å². The molecule has 0 radical (unpaired) electrons. The fraction of sp³-hybridized carbons (Fsp3) is 0.600. The zero-order chi connectivity index (χ0) is 15.3. The van der Waals surface area contributed by atoms with Crippen LogP contribution in [0.4, 0.5) is 0 Å². The molecule has 1 aromatic rings. The first-order chi connectivity index (χ1) is 10.0. The lowest BCUT2D eigenvalue weighted by molar-refractivity contribution is 0.159. The van der Waals surface area contributed by atoms with Gasteiger partial charge in [0.15, 0.2) is 9.84 Å². The Morgan fingerprint density at radius 3 is 2.33 bits per heavy atom. The molecule has 4 nitrogen and oxygen atoms in total. The van der Waals surface area contributed by atoms with Gasteiger partial charge >= 0.3 is 0 Å². The van der Waals surface area contributed by atoms with Crippen molar-refractivity contribution in [3.8, 4) is 0 Å². The average molecular weight is 332 g/mol. The van der Waals surface area contributed by atoms with Crippen LogP contribution in [-0.2, 0) is 9.84 Å². The predicted octanol–water partition coefficient (Wildman–Crippen LogP) is 2.35. The lowest BCUT2D eigenvalue weighted by atomic mass is 10.2. The normalized spacial score (nSPS) is 16.7. The van der Waals surface area contributed by atoms with Gasteiger partial charge in [-0.1, -0.05) is 24.4 Å². The number of nitrogens with zero attached hydrogens (tertiary/aromatic N) is 1. The van der Waals surface area contributed by atoms with Crippen LogP contribution in [0.5, 0.6) is 0 Å². The van der Waals surface area contributed by atoms with Crippen molar-refractivity contribution < 1.29 is 13.5 Å². The topological polar surface area (TPSA) is 57.6 Å². The summed E-state index contributed by atoms with van der Waals surface area (Å²) in [7, 11) is -3.30. The number of halogens is 1. The molecule has 0 amide bonds. The largest absolute Gasteiger partial charge is 0.395 e. The zero-order valence-corrected chi connectivity index (χ0v) is 13.6. The van der Waals surface area contributed by atoms with Crippen LogP contribution >= 0.6 is 11.6 Å². The van der Waals surface area contributed by atoms with E-state index in [1.54, 1.807) is 24.3 Å². The number of aliphatic hydroxyl groups excluding tert-OH is 1. The second-order valence-electron chi connectivity index (χ2n) is 5.47. The Morgan fingerprint density at radius 2 is 1.76 bits per heavy atom. The molecule has 0 heterocycles. The second kappa shape index (κ2) is 7.58. The summed E-state index contributed by atoms with van der Waals surface area (Å²) in [5.41, 5.74) is 0. The molecule has 1 aliphatic rings. The SMILES string of the molecule is O=S(=O)(CCN(CCO)C1CCCC1)c1ccc(Cl)cc1. The van der Waals surface area contributed by atoms with Crippen LogP contribution in [0.2, 0.25) is 5.02 Å². The molecule has 1 N–H and O–H groups in total. The van der Waals surface area contributed by atoms with Crippen molar-refractivity contribution in [1.29, 1.82) is 0 Å². The molecule has 0 atom stereocenters. The van der Waals surface area contributed by atoms with Crippen molar-refractivity contribution in [3.63, 3.8) is 0 Å². The lowest BCUT2D eigenvalue weighted by Gasteiger charge is -2.27. The summed E-state index contributed by atoms with van der Waals surface area (Å²) in [5, 5.41) is 9.70. The molecule has 1 aliphatic carbocycles. The van der Waals surface area contributed by atoms with Crippen LogP contribution in [0.3, 0.4) is 0 Å². The Balaban J connectivity index is 1.99. The third-order valence-corrected chi connectivity index (χ3v) is 6.01. The lowest BCUT2D eigenvalue weighted by Crippen LogP contribution is -2.39. The molecular weight excluding hydrogens is 310 g/mol. The van der Waals surface area contributed by atoms with Gasteiger partial charge in [0.2, 0.25) is 0 Å². The van der Waals surface area contributed by atoms with E-state index in [4.69, 9.17) is 16.7 Å². The van der Waals surface area contributed by atoms with Gasteiger partial charge < -0.3 is 5.11 Å². The summed E-state index contributed by atoms with van der Waals surface area (Å²) in [6.45, 7) is 1.08. The summed E-state index contributed by atoms with van der Waals surface area (Å²) >= 11 is 5.79. The Kier molecular flexibility index (Phi) is 6.05. The van der Waals surface area contributed by atoms with E-state index >= 15 is 0 Å². The van der Waals surface area contributed by atoms with Gasteiger partial charge in [-0.15, -0.1) is 0 Å². The summed E-state index contributed by atoms with van der Waals surface area (Å²) in [6, 6.07) is 6.69. The van der Waals surface area contributed by atoms with Gasteiger partial charge in [0.05, 0.1) is 17.3 Å². The first-order valence-corrected chi connectivity index (χ1v) is 9.39. The molecule has 2 rings (SSSR count). The first kappa shape index (κ1) is 16.7. The van der Waals surface area contributed by atoms with E-state index in [1.165, 1.54) is 12.8 Å². The quantitative estimate of drug-likeness (QED) is 0.833. The summed E-state index contributed by atoms with van der Waals surface area (Å²) in [4.78, 5) is 2.42. The van der Waals surface area contributed by atoms with Crippen LogP contribution in [0.15, 0.2) is 29.2 Å². The summed E-state index contributed by atoms with van der Waals surface area (Å²) in [6.07, 6.45) is 4.58. The maximum atomic E-state index is 12.3. The van der Waals surface area contributed by atoms with Crippen LogP contribution in [0, 0.1) is 0 Å². The highest BCUT2D eigenvalue weighted by Crippen LogP contribution is 2.23. The van der Waals surface area contributed by atoms with E-state index in [2.05, 4.69) is 4.90 Å². The van der Waals surface area contributed by atoms with E-state index in [0.29, 0.717) is 29.0 Å². The van der Waals surface area contributed by atoms with Gasteiger partial charge in [-0.25, -0.2) is 8.42 Å². The van der Waals surface area contributed by atoms with Gasteiger partial charge in [-0.05, 0) is 37.1 Å². The molecule has 0 saturated heterocycles. The van der Waals surface area contributed by atoms with Gasteiger partial charge in [-0.2, -0.15) is 0 Å². The van der Waals surface area contributed by atoms with Crippen molar-refractivity contribution in [1.82, 2.24) is 4.90 Å². The monoisotopic (exact) mass is 331 g/mol. The molecule has 1 fully saturated rings. The van der Waals surface area contributed by atoms with Crippen molar-refractivity contribution in [2.24, 2.45) is 0 Å². The van der Waals surface area contributed by atoms with E-state index in [9.17, 15) is 8.42 Å². The second-order valence-corrected chi connectivity index (χ2v) is 8.02. The van der Waals surface area contributed by atoms with E-state index in [-0.39, 0.29) is 12.4 Å². The molecule has 118 valence electrons. The van der Waals surface area contributed by atoms with E-state index in [0.717, 1.165) is 12.8 Å². The van der Waals surface area contributed by atoms with Gasteiger partial charge in [-0.3, -0.25) is 4.90 Å². The molecule has 0 unspecified atom stereocenters. The third-order valence-electron chi connectivity index (χ3n) is 4.05. The molecule has 0 aromatic heterocycles. The zero-order valence-electron chi connectivity index (χ0n) is 12.0. The molecular formula is C15H22ClNO3S. The van der Waals surface area contributed by atoms with Crippen molar-refractivity contribution in [3.05, 3.63) is 29.3 Å². The van der Waals surface area contributed by atoms with Gasteiger partial charge in [0, 0.05) is 24.2 Å². The molecule has 0 aliphatic heterocycles. The van der Waals surface area contributed by atoms with Crippen molar-refractivity contribution >= 4 is 21.4 Å². The van der Waals surface area contributed by atoms with Gasteiger partial charge in [0.25, 0.3) is 0 Å². The van der Waals surface area contributed by atoms with Crippen LogP contribution in [0.25, 0.3) is 0 Å². The Hall–Kier alpha value is -0.620. The molecule has 1 aromatic carbocycles. The van der Waals surface area contributed by atoms with E-state index in [1.807, 2.05) is 0 Å². The maximum absolute atomic E-state index is 12.3. The van der Waals surface area contributed by atoms with Gasteiger partial charge in [0.1, 0.15) is 0 Å². The smallest absolute Gasteiger partial charge is 0.179 e. The minimum Gasteiger partial charge on any atom is -0.395 e. The van der Waals surface area contributed by atoms with Crippen LogP contribution in [0.1, 0.15) is 25.7 Å². The highest BCUT2D eigenvalue weighted by atomic mass is 35.5. The number of hydrogen-bond acceptors (Lipinski definition) is 4. The molecule has 6 heteroatoms. The third kappa shape index (κ3) is 4.68. The van der Waals surface area contributed by atoms with E-state index < -0.39 is 9.84 Å². The minimum absolute atomic E-state index is 0.0670.